The first kappa shape index (κ1) is 16.1. The Morgan fingerprint density at radius 3 is 2.46 bits per heavy atom. The Kier molecular flexibility index (Phi) is 4.84. The zero-order valence-corrected chi connectivity index (χ0v) is 13.7. The van der Waals surface area contributed by atoms with Crippen LogP contribution in [-0.2, 0) is 11.3 Å². The molecule has 0 atom stereocenters. The summed E-state index contributed by atoms with van der Waals surface area (Å²) >= 11 is 0. The lowest BCUT2D eigenvalue weighted by atomic mass is 10.2. The predicted octanol–water partition coefficient (Wildman–Crippen LogP) is 1.21. The molecule has 1 saturated heterocycles. The average Bonchev–Trinajstić information content (AvgIpc) is 2.63. The highest BCUT2D eigenvalue weighted by atomic mass is 16.5. The Bertz CT molecular complexity index is 764. The normalized spacial score (nSPS) is 14.5. The molecule has 0 aliphatic carbocycles. The first-order valence-corrected chi connectivity index (χ1v) is 8.00. The molecule has 1 amide bonds. The summed E-state index contributed by atoms with van der Waals surface area (Å²) in [6.07, 6.45) is 1.64. The molecule has 1 aromatic carbocycles. The standard InChI is InChI=1S/C18H21N3O3/c1-24-16-7-3-2-6-15(16)19-10-12-20(13-11-19)18(23)14-21-9-5-4-8-17(21)22/h2-9H,10-14H2,1H3. The van der Waals surface area contributed by atoms with Crippen molar-refractivity contribution >= 4 is 11.6 Å². The molecule has 2 heterocycles. The number of ether oxygens (including phenoxy) is 1. The number of amides is 1. The van der Waals surface area contributed by atoms with Gasteiger partial charge >= 0.3 is 0 Å². The van der Waals surface area contributed by atoms with Crippen molar-refractivity contribution in [1.82, 2.24) is 9.47 Å². The summed E-state index contributed by atoms with van der Waals surface area (Å²) < 4.78 is 6.84. The number of aromatic nitrogens is 1. The van der Waals surface area contributed by atoms with Gasteiger partial charge in [0.25, 0.3) is 5.56 Å². The van der Waals surface area contributed by atoms with Crippen LogP contribution in [-0.4, -0.2) is 48.7 Å². The molecule has 0 radical (unpaired) electrons. The minimum absolute atomic E-state index is 0.0250. The fourth-order valence-electron chi connectivity index (χ4n) is 2.92. The van der Waals surface area contributed by atoms with Crippen molar-refractivity contribution < 1.29 is 9.53 Å². The number of para-hydroxylation sites is 2. The topological polar surface area (TPSA) is 54.8 Å². The van der Waals surface area contributed by atoms with Crippen LogP contribution in [0.15, 0.2) is 53.5 Å². The number of piperazine rings is 1. The molecule has 24 heavy (non-hydrogen) atoms. The molecule has 126 valence electrons. The lowest BCUT2D eigenvalue weighted by molar-refractivity contribution is -0.132. The van der Waals surface area contributed by atoms with E-state index in [1.165, 1.54) is 10.6 Å². The molecule has 3 rings (SSSR count). The first-order chi connectivity index (χ1) is 11.7. The highest BCUT2D eigenvalue weighted by Crippen LogP contribution is 2.28. The van der Waals surface area contributed by atoms with E-state index in [1.807, 2.05) is 29.2 Å². The Morgan fingerprint density at radius 1 is 1.04 bits per heavy atom. The Hall–Kier alpha value is -2.76. The monoisotopic (exact) mass is 327 g/mol. The fraction of sp³-hybridized carbons (Fsp3) is 0.333. The number of hydrogen-bond acceptors (Lipinski definition) is 4. The van der Waals surface area contributed by atoms with E-state index in [4.69, 9.17) is 4.74 Å². The van der Waals surface area contributed by atoms with Crippen LogP contribution in [0.25, 0.3) is 0 Å². The second-order valence-corrected chi connectivity index (χ2v) is 5.71. The highest BCUT2D eigenvalue weighted by molar-refractivity contribution is 5.76. The largest absolute Gasteiger partial charge is 0.495 e. The second kappa shape index (κ2) is 7.21. The van der Waals surface area contributed by atoms with Gasteiger partial charge in [0.15, 0.2) is 0 Å². The number of nitrogens with zero attached hydrogens (tertiary/aromatic N) is 3. The van der Waals surface area contributed by atoms with Crippen molar-refractivity contribution in [2.24, 2.45) is 0 Å². The summed E-state index contributed by atoms with van der Waals surface area (Å²) in [7, 11) is 1.66. The number of pyridine rings is 1. The lowest BCUT2D eigenvalue weighted by Gasteiger charge is -2.36. The third-order valence-electron chi connectivity index (χ3n) is 4.26. The summed E-state index contributed by atoms with van der Waals surface area (Å²) in [5.41, 5.74) is 0.893. The zero-order chi connectivity index (χ0) is 16.9. The van der Waals surface area contributed by atoms with Crippen LogP contribution >= 0.6 is 0 Å². The van der Waals surface area contributed by atoms with Crippen molar-refractivity contribution in [1.29, 1.82) is 0 Å². The highest BCUT2D eigenvalue weighted by Gasteiger charge is 2.23. The average molecular weight is 327 g/mol. The van der Waals surface area contributed by atoms with Crippen LogP contribution in [0.4, 0.5) is 5.69 Å². The van der Waals surface area contributed by atoms with Crippen LogP contribution < -0.4 is 15.2 Å². The van der Waals surface area contributed by atoms with Crippen LogP contribution in [0.3, 0.4) is 0 Å². The molecule has 6 nitrogen and oxygen atoms in total. The Morgan fingerprint density at radius 2 is 1.75 bits per heavy atom. The fourth-order valence-corrected chi connectivity index (χ4v) is 2.92. The van der Waals surface area contributed by atoms with E-state index in [1.54, 1.807) is 25.4 Å². The van der Waals surface area contributed by atoms with Gasteiger partial charge in [0.2, 0.25) is 5.91 Å². The number of carbonyl (C=O) groups is 1. The Labute approximate surface area is 140 Å². The van der Waals surface area contributed by atoms with Gasteiger partial charge in [-0.05, 0) is 18.2 Å². The number of rotatable bonds is 4. The molecule has 2 aromatic rings. The molecular weight excluding hydrogens is 306 g/mol. The van der Waals surface area contributed by atoms with Gasteiger partial charge in [-0.15, -0.1) is 0 Å². The molecule has 0 saturated carbocycles. The summed E-state index contributed by atoms with van der Waals surface area (Å²) in [5, 5.41) is 0. The number of hydrogen-bond donors (Lipinski definition) is 0. The van der Waals surface area contributed by atoms with E-state index in [0.29, 0.717) is 13.1 Å². The molecule has 0 unspecified atom stereocenters. The number of benzene rings is 1. The molecule has 1 aliphatic heterocycles. The van der Waals surface area contributed by atoms with E-state index < -0.39 is 0 Å². The molecule has 0 N–H and O–H groups in total. The van der Waals surface area contributed by atoms with E-state index >= 15 is 0 Å². The van der Waals surface area contributed by atoms with Gasteiger partial charge in [-0.25, -0.2) is 0 Å². The van der Waals surface area contributed by atoms with Crippen molar-refractivity contribution in [3.05, 3.63) is 59.0 Å². The molecule has 6 heteroatoms. The minimum Gasteiger partial charge on any atom is -0.495 e. The smallest absolute Gasteiger partial charge is 0.250 e. The molecule has 0 bridgehead atoms. The van der Waals surface area contributed by atoms with Crippen molar-refractivity contribution in [3.63, 3.8) is 0 Å². The third-order valence-corrected chi connectivity index (χ3v) is 4.26. The van der Waals surface area contributed by atoms with Gasteiger partial charge in [0.1, 0.15) is 12.3 Å². The maximum Gasteiger partial charge on any atom is 0.250 e. The summed E-state index contributed by atoms with van der Waals surface area (Å²) in [6.45, 7) is 2.86. The van der Waals surface area contributed by atoms with Gasteiger partial charge in [0.05, 0.1) is 12.8 Å². The van der Waals surface area contributed by atoms with Crippen LogP contribution in [0.1, 0.15) is 0 Å². The number of carbonyl (C=O) groups excluding carboxylic acids is 1. The van der Waals surface area contributed by atoms with Crippen LogP contribution in [0, 0.1) is 0 Å². The second-order valence-electron chi connectivity index (χ2n) is 5.71. The maximum absolute atomic E-state index is 12.4. The van der Waals surface area contributed by atoms with Gasteiger partial charge in [-0.2, -0.15) is 0 Å². The third kappa shape index (κ3) is 3.42. The number of anilines is 1. The van der Waals surface area contributed by atoms with Crippen molar-refractivity contribution in [2.75, 3.05) is 38.2 Å². The van der Waals surface area contributed by atoms with E-state index in [-0.39, 0.29) is 18.0 Å². The summed E-state index contributed by atoms with van der Waals surface area (Å²) in [5.74, 6) is 0.816. The molecule has 1 aromatic heterocycles. The first-order valence-electron chi connectivity index (χ1n) is 8.00. The van der Waals surface area contributed by atoms with Gasteiger partial charge in [-0.3, -0.25) is 9.59 Å². The molecule has 1 fully saturated rings. The predicted molar refractivity (Wildman–Crippen MR) is 92.5 cm³/mol. The van der Waals surface area contributed by atoms with E-state index in [2.05, 4.69) is 4.90 Å². The van der Waals surface area contributed by atoms with Crippen molar-refractivity contribution in [2.45, 2.75) is 6.54 Å². The van der Waals surface area contributed by atoms with E-state index in [9.17, 15) is 9.59 Å². The maximum atomic E-state index is 12.4. The van der Waals surface area contributed by atoms with Crippen LogP contribution in [0.2, 0.25) is 0 Å². The van der Waals surface area contributed by atoms with E-state index in [0.717, 1.165) is 24.5 Å². The molecule has 1 aliphatic rings. The summed E-state index contributed by atoms with van der Waals surface area (Å²) in [4.78, 5) is 28.2. The molecular formula is C18H21N3O3. The summed E-state index contributed by atoms with van der Waals surface area (Å²) in [6, 6.07) is 12.8. The Balaban J connectivity index is 1.62. The van der Waals surface area contributed by atoms with Gasteiger partial charge in [0, 0.05) is 38.4 Å². The zero-order valence-electron chi connectivity index (χ0n) is 13.7. The molecule has 0 spiro atoms. The van der Waals surface area contributed by atoms with Crippen LogP contribution in [0.5, 0.6) is 5.75 Å². The minimum atomic E-state index is -0.154. The van der Waals surface area contributed by atoms with Gasteiger partial charge in [-0.1, -0.05) is 18.2 Å². The lowest BCUT2D eigenvalue weighted by Crippen LogP contribution is -2.50. The van der Waals surface area contributed by atoms with Crippen molar-refractivity contribution in [3.8, 4) is 5.75 Å². The van der Waals surface area contributed by atoms with Gasteiger partial charge < -0.3 is 19.1 Å². The quantitative estimate of drug-likeness (QED) is 0.847. The SMILES string of the molecule is COc1ccccc1N1CCN(C(=O)Cn2ccccc2=O)CC1. The number of methoxy groups -OCH3 is 1.